The molecule has 3 N–H and O–H groups in total. The van der Waals surface area contributed by atoms with Gasteiger partial charge < -0.3 is 15.3 Å². The second kappa shape index (κ2) is 2.12. The Hall–Kier alpha value is -0.120. The van der Waals surface area contributed by atoms with Gasteiger partial charge in [-0.2, -0.15) is 0 Å². The van der Waals surface area contributed by atoms with Gasteiger partial charge in [-0.1, -0.05) is 0 Å². The Kier molecular flexibility index (Phi) is 2.08. The molecule has 0 aromatic rings. The Morgan fingerprint density at radius 3 is 1.33 bits per heavy atom. The summed E-state index contributed by atoms with van der Waals surface area (Å²) in [6.45, 7) is 2.89. The van der Waals surface area contributed by atoms with Crippen LogP contribution in [0.15, 0.2) is 0 Å². The van der Waals surface area contributed by atoms with E-state index in [1.54, 1.807) is 0 Å². The molecule has 0 bridgehead atoms. The summed E-state index contributed by atoms with van der Waals surface area (Å²) in [6, 6.07) is 0. The van der Waals surface area contributed by atoms with Crippen molar-refractivity contribution in [3.63, 3.8) is 0 Å². The Balaban J connectivity index is 2.99. The molecule has 0 aromatic carbocycles. The highest BCUT2D eigenvalue weighted by atomic mass is 16.5. The van der Waals surface area contributed by atoms with Crippen LogP contribution in [0, 0.1) is 6.92 Å². The monoisotopic (exact) mass is 91.0 g/mol. The van der Waals surface area contributed by atoms with Gasteiger partial charge >= 0.3 is 0 Å². The van der Waals surface area contributed by atoms with Crippen LogP contribution in [0.4, 0.5) is 0 Å². The second-order valence-electron chi connectivity index (χ2n) is 0.981. The molecule has 0 aliphatic carbocycles. The van der Waals surface area contributed by atoms with Crippen molar-refractivity contribution in [2.75, 3.05) is 0 Å². The fourth-order valence-electron chi connectivity index (χ4n) is 0. The van der Waals surface area contributed by atoms with E-state index in [4.69, 9.17) is 15.3 Å². The van der Waals surface area contributed by atoms with Crippen molar-refractivity contribution >= 4 is 0 Å². The molecule has 0 spiro atoms. The highest BCUT2D eigenvalue weighted by Gasteiger charge is 2.02. The maximum Gasteiger partial charge on any atom is 0.178 e. The van der Waals surface area contributed by atoms with Crippen molar-refractivity contribution in [3.8, 4) is 0 Å². The van der Waals surface area contributed by atoms with Gasteiger partial charge in [0.15, 0.2) is 6.29 Å². The fraction of sp³-hybridized carbons (Fsp3) is 0.667. The fourth-order valence-corrected chi connectivity index (χ4v) is 0. The number of hydrogen-bond acceptors (Lipinski definition) is 3. The van der Waals surface area contributed by atoms with Gasteiger partial charge in [0.2, 0.25) is 0 Å². The van der Waals surface area contributed by atoms with Crippen LogP contribution in [0.5, 0.6) is 0 Å². The molecule has 37 valence electrons. The predicted molar refractivity (Wildman–Crippen MR) is 19.6 cm³/mol. The minimum atomic E-state index is -1.70. The molecule has 0 saturated carbocycles. The Labute approximate surface area is 35.9 Å². The van der Waals surface area contributed by atoms with Crippen molar-refractivity contribution in [2.45, 2.75) is 12.4 Å². The van der Waals surface area contributed by atoms with E-state index in [9.17, 15) is 0 Å². The lowest BCUT2D eigenvalue weighted by Gasteiger charge is -2.02. The Morgan fingerprint density at radius 1 is 1.17 bits per heavy atom. The third kappa shape index (κ3) is 2.14. The van der Waals surface area contributed by atoms with Crippen LogP contribution < -0.4 is 0 Å². The van der Waals surface area contributed by atoms with Crippen LogP contribution in [-0.4, -0.2) is 27.7 Å². The van der Waals surface area contributed by atoms with Crippen molar-refractivity contribution in [1.29, 1.82) is 0 Å². The minimum Gasteiger partial charge on any atom is -0.388 e. The predicted octanol–water partition coefficient (Wildman–Crippen LogP) is -1.51. The van der Waals surface area contributed by atoms with Crippen LogP contribution in [0.3, 0.4) is 0 Å². The van der Waals surface area contributed by atoms with Gasteiger partial charge in [-0.25, -0.2) is 0 Å². The average molecular weight is 91.1 g/mol. The second-order valence-corrected chi connectivity index (χ2v) is 0.981. The summed E-state index contributed by atoms with van der Waals surface area (Å²) in [6.07, 6.45) is -2.99. The van der Waals surface area contributed by atoms with Gasteiger partial charge in [-0.15, -0.1) is 0 Å². The van der Waals surface area contributed by atoms with Crippen LogP contribution in [-0.2, 0) is 0 Å². The molecule has 0 heterocycles. The standard InChI is InChI=1S/C3H7O3/c1-2(4)3(5)6/h2-6H,1H2. The molecule has 0 amide bonds. The molecule has 0 rings (SSSR count). The van der Waals surface area contributed by atoms with Crippen LogP contribution in [0.25, 0.3) is 0 Å². The Morgan fingerprint density at radius 2 is 1.33 bits per heavy atom. The maximum absolute atomic E-state index is 8.02. The number of hydrogen-bond donors (Lipinski definition) is 3. The molecule has 0 aromatic heterocycles. The highest BCUT2D eigenvalue weighted by molar-refractivity contribution is 4.55. The van der Waals surface area contributed by atoms with Crippen LogP contribution >= 0.6 is 0 Å². The van der Waals surface area contributed by atoms with E-state index in [0.717, 1.165) is 0 Å². The average Bonchev–Trinajstić information content (AvgIpc) is 1.36. The van der Waals surface area contributed by atoms with E-state index in [-0.39, 0.29) is 0 Å². The van der Waals surface area contributed by atoms with E-state index in [2.05, 4.69) is 6.92 Å². The molecule has 0 fully saturated rings. The molecule has 1 atom stereocenters. The summed E-state index contributed by atoms with van der Waals surface area (Å²) in [5, 5.41) is 23.8. The molecule has 1 radical (unpaired) electrons. The van der Waals surface area contributed by atoms with Crippen molar-refractivity contribution in [1.82, 2.24) is 0 Å². The third-order valence-corrected chi connectivity index (χ3v) is 0.344. The zero-order valence-electron chi connectivity index (χ0n) is 3.20. The van der Waals surface area contributed by atoms with Gasteiger partial charge in [0.25, 0.3) is 0 Å². The first-order valence-electron chi connectivity index (χ1n) is 1.52. The summed E-state index contributed by atoms with van der Waals surface area (Å²) in [5.74, 6) is 0. The number of aliphatic hydroxyl groups excluding tert-OH is 2. The van der Waals surface area contributed by atoms with Gasteiger partial charge in [-0.05, 0) is 6.92 Å². The van der Waals surface area contributed by atoms with Crippen molar-refractivity contribution in [3.05, 3.63) is 6.92 Å². The van der Waals surface area contributed by atoms with Crippen molar-refractivity contribution < 1.29 is 15.3 Å². The first-order chi connectivity index (χ1) is 2.64. The van der Waals surface area contributed by atoms with E-state index >= 15 is 0 Å². The maximum atomic E-state index is 8.02. The summed E-state index contributed by atoms with van der Waals surface area (Å²) in [4.78, 5) is 0. The molecule has 0 saturated heterocycles. The number of aliphatic hydroxyl groups is 3. The molecule has 1 unspecified atom stereocenters. The topological polar surface area (TPSA) is 60.7 Å². The SMILES string of the molecule is [CH2]C(O)C(O)O. The van der Waals surface area contributed by atoms with Gasteiger partial charge in [-0.3, -0.25) is 0 Å². The first kappa shape index (κ1) is 5.88. The summed E-state index contributed by atoms with van der Waals surface area (Å²) in [5.41, 5.74) is 0. The van der Waals surface area contributed by atoms with Gasteiger partial charge in [0.1, 0.15) is 6.10 Å². The molecule has 3 heteroatoms. The van der Waals surface area contributed by atoms with E-state index < -0.39 is 12.4 Å². The van der Waals surface area contributed by atoms with Gasteiger partial charge in [0, 0.05) is 0 Å². The lowest BCUT2D eigenvalue weighted by atomic mass is 10.4. The van der Waals surface area contributed by atoms with Crippen LogP contribution in [0.2, 0.25) is 0 Å². The molecular weight excluding hydrogens is 84.0 g/mol. The smallest absolute Gasteiger partial charge is 0.178 e. The van der Waals surface area contributed by atoms with Crippen molar-refractivity contribution in [2.24, 2.45) is 0 Å². The summed E-state index contributed by atoms with van der Waals surface area (Å²) >= 11 is 0. The zero-order chi connectivity index (χ0) is 5.15. The molecule has 0 aliphatic rings. The summed E-state index contributed by atoms with van der Waals surface area (Å²) < 4.78 is 0. The summed E-state index contributed by atoms with van der Waals surface area (Å²) in [7, 11) is 0. The lowest BCUT2D eigenvalue weighted by Crippen LogP contribution is -2.21. The molecule has 0 aliphatic heterocycles. The van der Waals surface area contributed by atoms with E-state index in [0.29, 0.717) is 0 Å². The normalized spacial score (nSPS) is 15.5. The largest absolute Gasteiger partial charge is 0.388 e. The quantitative estimate of drug-likeness (QED) is 0.344. The zero-order valence-corrected chi connectivity index (χ0v) is 3.20. The van der Waals surface area contributed by atoms with E-state index in [1.165, 1.54) is 0 Å². The number of rotatable bonds is 1. The van der Waals surface area contributed by atoms with E-state index in [1.807, 2.05) is 0 Å². The first-order valence-corrected chi connectivity index (χ1v) is 1.52. The molecule has 6 heavy (non-hydrogen) atoms. The lowest BCUT2D eigenvalue weighted by molar-refractivity contribution is -0.105. The van der Waals surface area contributed by atoms with Crippen LogP contribution in [0.1, 0.15) is 0 Å². The minimum absolute atomic E-state index is 1.29. The highest BCUT2D eigenvalue weighted by Crippen LogP contribution is 1.81. The van der Waals surface area contributed by atoms with Gasteiger partial charge in [0.05, 0.1) is 0 Å². The molecule has 3 nitrogen and oxygen atoms in total. The third-order valence-electron chi connectivity index (χ3n) is 0.344. The Bertz CT molecular complexity index is 27.0. The molecular formula is C3H7O3.